The molecule has 1 aliphatic rings. The summed E-state index contributed by atoms with van der Waals surface area (Å²) in [6.07, 6.45) is 6.79. The molecule has 0 aliphatic carbocycles. The van der Waals surface area contributed by atoms with Gasteiger partial charge in [0, 0.05) is 12.5 Å². The summed E-state index contributed by atoms with van der Waals surface area (Å²) < 4.78 is 5.59. The molecular weight excluding hydrogens is 252 g/mol. The van der Waals surface area contributed by atoms with Gasteiger partial charge in [-0.15, -0.1) is 0 Å². The van der Waals surface area contributed by atoms with Crippen molar-refractivity contribution in [1.82, 2.24) is 10.2 Å². The van der Waals surface area contributed by atoms with Crippen LogP contribution in [0, 0.1) is 5.92 Å². The summed E-state index contributed by atoms with van der Waals surface area (Å²) in [5.74, 6) is 1.09. The number of amides is 1. The van der Waals surface area contributed by atoms with Crippen LogP contribution in [0.5, 0.6) is 0 Å². The number of rotatable bonds is 5. The summed E-state index contributed by atoms with van der Waals surface area (Å²) in [5.41, 5.74) is 0. The molecule has 1 aromatic rings. The fraction of sp³-hybridized carbons (Fsp3) is 0.688. The Morgan fingerprint density at radius 3 is 2.55 bits per heavy atom. The number of carbonyl (C=O) groups excluding carboxylic acids is 1. The molecule has 1 N–H and O–H groups in total. The third kappa shape index (κ3) is 4.10. The summed E-state index contributed by atoms with van der Waals surface area (Å²) in [6, 6.07) is 4.09. The highest BCUT2D eigenvalue weighted by atomic mass is 16.3. The molecule has 0 bridgehead atoms. The Kier molecular flexibility index (Phi) is 5.65. The predicted octanol–water partition coefficient (Wildman–Crippen LogP) is 2.97. The standard InChI is InChI=1S/C16H26N2O2/c1-13(2)16(19)17-12-14(15-8-7-11-20-15)18-9-5-3-4-6-10-18/h7-8,11,13-14H,3-6,9-10,12H2,1-2H3,(H,17,19). The minimum Gasteiger partial charge on any atom is -0.468 e. The highest BCUT2D eigenvalue weighted by molar-refractivity contribution is 5.77. The number of hydrogen-bond donors (Lipinski definition) is 1. The van der Waals surface area contributed by atoms with Crippen molar-refractivity contribution < 1.29 is 9.21 Å². The van der Waals surface area contributed by atoms with Crippen LogP contribution in [0.25, 0.3) is 0 Å². The van der Waals surface area contributed by atoms with E-state index < -0.39 is 0 Å². The van der Waals surface area contributed by atoms with Gasteiger partial charge >= 0.3 is 0 Å². The molecule has 1 aliphatic heterocycles. The van der Waals surface area contributed by atoms with Gasteiger partial charge in [0.15, 0.2) is 0 Å². The molecule has 20 heavy (non-hydrogen) atoms. The first-order chi connectivity index (χ1) is 9.68. The fourth-order valence-corrected chi connectivity index (χ4v) is 2.70. The quantitative estimate of drug-likeness (QED) is 0.900. The molecule has 1 saturated heterocycles. The van der Waals surface area contributed by atoms with E-state index in [1.165, 1.54) is 25.7 Å². The second kappa shape index (κ2) is 7.48. The van der Waals surface area contributed by atoms with Gasteiger partial charge in [0.2, 0.25) is 5.91 Å². The summed E-state index contributed by atoms with van der Waals surface area (Å²) in [6.45, 7) is 6.64. The van der Waals surface area contributed by atoms with Crippen molar-refractivity contribution in [3.05, 3.63) is 24.2 Å². The van der Waals surface area contributed by atoms with Gasteiger partial charge in [-0.2, -0.15) is 0 Å². The summed E-state index contributed by atoms with van der Waals surface area (Å²) in [5, 5.41) is 3.05. The Balaban J connectivity index is 2.02. The van der Waals surface area contributed by atoms with E-state index in [1.807, 2.05) is 26.0 Å². The van der Waals surface area contributed by atoms with Crippen LogP contribution in [-0.2, 0) is 4.79 Å². The minimum atomic E-state index is 0.0244. The number of nitrogens with zero attached hydrogens (tertiary/aromatic N) is 1. The predicted molar refractivity (Wildman–Crippen MR) is 79.3 cm³/mol. The zero-order valence-corrected chi connectivity index (χ0v) is 12.6. The molecule has 1 unspecified atom stereocenters. The number of carbonyl (C=O) groups is 1. The van der Waals surface area contributed by atoms with Crippen molar-refractivity contribution in [1.29, 1.82) is 0 Å². The normalized spacial score (nSPS) is 18.8. The summed E-state index contributed by atoms with van der Waals surface area (Å²) in [7, 11) is 0. The smallest absolute Gasteiger partial charge is 0.222 e. The molecule has 2 rings (SSSR count). The Labute approximate surface area is 121 Å². The molecule has 2 heterocycles. The minimum absolute atomic E-state index is 0.0244. The van der Waals surface area contributed by atoms with Gasteiger partial charge in [-0.1, -0.05) is 26.7 Å². The SMILES string of the molecule is CC(C)C(=O)NCC(c1ccco1)N1CCCCCC1. The van der Waals surface area contributed by atoms with Crippen LogP contribution in [0.2, 0.25) is 0 Å². The van der Waals surface area contributed by atoms with Crippen molar-refractivity contribution in [3.63, 3.8) is 0 Å². The second-order valence-electron chi connectivity index (χ2n) is 5.88. The van der Waals surface area contributed by atoms with Gasteiger partial charge in [-0.05, 0) is 38.1 Å². The Hall–Kier alpha value is -1.29. The molecule has 0 saturated carbocycles. The average Bonchev–Trinajstić information content (AvgIpc) is 2.82. The number of hydrogen-bond acceptors (Lipinski definition) is 3. The van der Waals surface area contributed by atoms with Crippen LogP contribution in [0.1, 0.15) is 51.3 Å². The van der Waals surface area contributed by atoms with E-state index in [-0.39, 0.29) is 17.9 Å². The first kappa shape index (κ1) is 15.1. The third-order valence-corrected chi connectivity index (χ3v) is 3.95. The Morgan fingerprint density at radius 1 is 1.30 bits per heavy atom. The average molecular weight is 278 g/mol. The Morgan fingerprint density at radius 2 is 2.00 bits per heavy atom. The largest absolute Gasteiger partial charge is 0.468 e. The van der Waals surface area contributed by atoms with E-state index >= 15 is 0 Å². The molecule has 4 heteroatoms. The maximum absolute atomic E-state index is 11.8. The van der Waals surface area contributed by atoms with Crippen LogP contribution in [-0.4, -0.2) is 30.4 Å². The van der Waals surface area contributed by atoms with E-state index in [9.17, 15) is 4.79 Å². The van der Waals surface area contributed by atoms with Crippen LogP contribution < -0.4 is 5.32 Å². The number of furan rings is 1. The monoisotopic (exact) mass is 278 g/mol. The maximum Gasteiger partial charge on any atom is 0.222 e. The summed E-state index contributed by atoms with van der Waals surface area (Å²) >= 11 is 0. The highest BCUT2D eigenvalue weighted by Crippen LogP contribution is 2.24. The van der Waals surface area contributed by atoms with E-state index in [0.29, 0.717) is 6.54 Å². The maximum atomic E-state index is 11.8. The molecule has 1 fully saturated rings. The molecule has 0 radical (unpaired) electrons. The van der Waals surface area contributed by atoms with Gasteiger partial charge in [-0.3, -0.25) is 9.69 Å². The molecule has 1 amide bonds. The third-order valence-electron chi connectivity index (χ3n) is 3.95. The first-order valence-electron chi connectivity index (χ1n) is 7.73. The molecule has 0 spiro atoms. The molecule has 112 valence electrons. The second-order valence-corrected chi connectivity index (χ2v) is 5.88. The van der Waals surface area contributed by atoms with Crippen molar-refractivity contribution in [3.8, 4) is 0 Å². The lowest BCUT2D eigenvalue weighted by atomic mass is 10.1. The zero-order chi connectivity index (χ0) is 14.4. The van der Waals surface area contributed by atoms with Crippen LogP contribution >= 0.6 is 0 Å². The summed E-state index contributed by atoms with van der Waals surface area (Å²) in [4.78, 5) is 14.3. The number of likely N-dealkylation sites (tertiary alicyclic amines) is 1. The van der Waals surface area contributed by atoms with E-state index in [2.05, 4.69) is 10.2 Å². The van der Waals surface area contributed by atoms with E-state index in [1.54, 1.807) is 6.26 Å². The van der Waals surface area contributed by atoms with Gasteiger partial charge in [0.05, 0.1) is 12.3 Å². The van der Waals surface area contributed by atoms with E-state index in [0.717, 1.165) is 18.8 Å². The molecule has 4 nitrogen and oxygen atoms in total. The lowest BCUT2D eigenvalue weighted by molar-refractivity contribution is -0.124. The molecular formula is C16H26N2O2. The van der Waals surface area contributed by atoms with Crippen molar-refractivity contribution in [2.24, 2.45) is 5.92 Å². The number of nitrogens with one attached hydrogen (secondary N) is 1. The first-order valence-corrected chi connectivity index (χ1v) is 7.73. The van der Waals surface area contributed by atoms with Gasteiger partial charge < -0.3 is 9.73 Å². The lowest BCUT2D eigenvalue weighted by Gasteiger charge is -2.29. The van der Waals surface area contributed by atoms with Gasteiger partial charge in [0.1, 0.15) is 5.76 Å². The van der Waals surface area contributed by atoms with Crippen LogP contribution in [0.4, 0.5) is 0 Å². The highest BCUT2D eigenvalue weighted by Gasteiger charge is 2.24. The van der Waals surface area contributed by atoms with Crippen molar-refractivity contribution in [2.45, 2.75) is 45.6 Å². The van der Waals surface area contributed by atoms with Crippen molar-refractivity contribution >= 4 is 5.91 Å². The van der Waals surface area contributed by atoms with E-state index in [4.69, 9.17) is 4.42 Å². The van der Waals surface area contributed by atoms with Gasteiger partial charge in [0.25, 0.3) is 0 Å². The Bertz CT molecular complexity index is 393. The van der Waals surface area contributed by atoms with Crippen LogP contribution in [0.3, 0.4) is 0 Å². The molecule has 1 atom stereocenters. The lowest BCUT2D eigenvalue weighted by Crippen LogP contribution is -2.39. The van der Waals surface area contributed by atoms with Crippen molar-refractivity contribution in [2.75, 3.05) is 19.6 Å². The topological polar surface area (TPSA) is 45.5 Å². The zero-order valence-electron chi connectivity index (χ0n) is 12.6. The molecule has 0 aromatic carbocycles. The van der Waals surface area contributed by atoms with Gasteiger partial charge in [-0.25, -0.2) is 0 Å². The van der Waals surface area contributed by atoms with Crippen LogP contribution in [0.15, 0.2) is 22.8 Å². The molecule has 1 aromatic heterocycles. The fourth-order valence-electron chi connectivity index (χ4n) is 2.70.